The number of benzene rings is 1. The third kappa shape index (κ3) is 2.38. The van der Waals surface area contributed by atoms with E-state index in [1.165, 1.54) is 44.1 Å². The number of rotatable bonds is 2. The molecule has 3 aromatic heterocycles. The Morgan fingerprint density at radius 1 is 0.900 bits per heavy atom. The molecule has 3 nitrogen and oxygen atoms in total. The topological polar surface area (TPSA) is 38.9 Å². The molecule has 0 amide bonds. The molecule has 30 heavy (non-hydrogen) atoms. The Labute approximate surface area is 176 Å². The van der Waals surface area contributed by atoms with Crippen molar-refractivity contribution in [3.63, 3.8) is 0 Å². The molecule has 8 rings (SSSR count). The fourth-order valence-electron chi connectivity index (χ4n) is 7.35. The number of furan rings is 1. The zero-order valence-corrected chi connectivity index (χ0v) is 17.4. The molecule has 150 valence electrons. The van der Waals surface area contributed by atoms with Crippen molar-refractivity contribution in [1.82, 2.24) is 9.97 Å². The summed E-state index contributed by atoms with van der Waals surface area (Å²) in [6.45, 7) is 2.00. The van der Waals surface area contributed by atoms with Gasteiger partial charge in [-0.25, -0.2) is 4.98 Å². The normalized spacial score (nSPS) is 29.8. The Morgan fingerprint density at radius 2 is 1.67 bits per heavy atom. The summed E-state index contributed by atoms with van der Waals surface area (Å²) in [5, 5.41) is 2.20. The molecule has 0 unspecified atom stereocenters. The van der Waals surface area contributed by atoms with E-state index in [0.717, 1.165) is 56.8 Å². The van der Waals surface area contributed by atoms with Gasteiger partial charge in [-0.3, -0.25) is 4.98 Å². The van der Waals surface area contributed by atoms with Crippen molar-refractivity contribution in [2.75, 3.05) is 0 Å². The van der Waals surface area contributed by atoms with Crippen molar-refractivity contribution in [1.29, 1.82) is 0 Å². The number of hydrogen-bond donors (Lipinski definition) is 0. The van der Waals surface area contributed by atoms with Gasteiger partial charge in [-0.2, -0.15) is 0 Å². The number of nitrogens with zero attached hydrogens (tertiary/aromatic N) is 2. The lowest BCUT2D eigenvalue weighted by Crippen LogP contribution is -2.48. The fourth-order valence-corrected chi connectivity index (χ4v) is 7.35. The summed E-state index contributed by atoms with van der Waals surface area (Å²) >= 11 is 0. The molecule has 4 fully saturated rings. The maximum Gasteiger partial charge on any atom is 0.227 e. The van der Waals surface area contributed by atoms with Crippen LogP contribution >= 0.6 is 0 Å². The number of aryl methyl sites for hydroxylation is 1. The molecule has 0 saturated heterocycles. The van der Waals surface area contributed by atoms with Crippen molar-refractivity contribution in [2.24, 2.45) is 17.8 Å². The lowest BCUT2D eigenvalue weighted by Gasteiger charge is -2.57. The number of para-hydroxylation sites is 1. The molecule has 4 aromatic rings. The highest BCUT2D eigenvalue weighted by atomic mass is 16.3. The van der Waals surface area contributed by atoms with E-state index in [-0.39, 0.29) is 0 Å². The average Bonchev–Trinajstić information content (AvgIpc) is 3.10. The van der Waals surface area contributed by atoms with Gasteiger partial charge in [-0.1, -0.05) is 12.1 Å². The van der Waals surface area contributed by atoms with E-state index < -0.39 is 0 Å². The predicted molar refractivity (Wildman–Crippen MR) is 119 cm³/mol. The summed E-state index contributed by atoms with van der Waals surface area (Å²) < 4.78 is 6.26. The fraction of sp³-hybridized carbons (Fsp3) is 0.407. The second-order valence-electron chi connectivity index (χ2n) is 10.2. The zero-order valence-electron chi connectivity index (χ0n) is 17.4. The molecule has 0 atom stereocenters. The summed E-state index contributed by atoms with van der Waals surface area (Å²) in [7, 11) is 0. The number of pyridine rings is 2. The molecule has 0 radical (unpaired) electrons. The van der Waals surface area contributed by atoms with Gasteiger partial charge in [0.25, 0.3) is 0 Å². The van der Waals surface area contributed by atoms with Gasteiger partial charge in [-0.05, 0) is 105 Å². The van der Waals surface area contributed by atoms with Crippen LogP contribution < -0.4 is 0 Å². The van der Waals surface area contributed by atoms with Crippen LogP contribution in [0.15, 0.2) is 53.1 Å². The highest BCUT2D eigenvalue weighted by Gasteiger charge is 2.51. The van der Waals surface area contributed by atoms with Gasteiger partial charge in [0.05, 0.1) is 5.69 Å². The molecule has 0 aliphatic heterocycles. The average molecular weight is 395 g/mol. The molecule has 1 aromatic carbocycles. The zero-order chi connectivity index (χ0) is 19.9. The molecular formula is C27H26N2O. The van der Waals surface area contributed by atoms with Gasteiger partial charge >= 0.3 is 0 Å². The number of fused-ring (bicyclic) bond motifs is 3. The van der Waals surface area contributed by atoms with Crippen LogP contribution in [0.25, 0.3) is 33.3 Å². The predicted octanol–water partition coefficient (Wildman–Crippen LogP) is 6.82. The lowest BCUT2D eigenvalue weighted by atomic mass is 9.48. The molecule has 0 N–H and O–H groups in total. The van der Waals surface area contributed by atoms with Crippen LogP contribution in [0.3, 0.4) is 0 Å². The van der Waals surface area contributed by atoms with Crippen molar-refractivity contribution >= 4 is 22.1 Å². The maximum atomic E-state index is 6.26. The van der Waals surface area contributed by atoms with Crippen molar-refractivity contribution in [3.8, 4) is 11.3 Å². The maximum absolute atomic E-state index is 6.26. The van der Waals surface area contributed by atoms with E-state index in [2.05, 4.69) is 47.4 Å². The van der Waals surface area contributed by atoms with Crippen LogP contribution in [-0.4, -0.2) is 9.97 Å². The number of hydrogen-bond acceptors (Lipinski definition) is 3. The van der Waals surface area contributed by atoms with Crippen molar-refractivity contribution in [2.45, 2.75) is 50.9 Å². The van der Waals surface area contributed by atoms with E-state index in [9.17, 15) is 0 Å². The van der Waals surface area contributed by atoms with E-state index in [1.807, 2.05) is 13.1 Å². The lowest BCUT2D eigenvalue weighted by molar-refractivity contribution is -0.00520. The SMILES string of the molecule is Cc1ccc2c(n1)oc1c(-c3cc(C45CC6CC(CC(C6)C4)C5)ccn3)cccc12. The second-order valence-corrected chi connectivity index (χ2v) is 10.2. The molecule has 3 heteroatoms. The van der Waals surface area contributed by atoms with Crippen molar-refractivity contribution < 1.29 is 4.42 Å². The summed E-state index contributed by atoms with van der Waals surface area (Å²) in [5.74, 6) is 2.84. The Balaban J connectivity index is 1.38. The summed E-state index contributed by atoms with van der Waals surface area (Å²) in [5.41, 5.74) is 6.60. The van der Waals surface area contributed by atoms with Crippen LogP contribution in [0.4, 0.5) is 0 Å². The van der Waals surface area contributed by atoms with E-state index in [0.29, 0.717) is 5.41 Å². The standard InChI is InChI=1S/C27H26N2O/c1-16-5-6-22-21-3-2-4-23(25(21)30-26(22)29-16)24-12-20(7-8-28-24)27-13-17-9-18(14-27)11-19(10-17)15-27/h2-8,12,17-19H,9-11,13-15H2,1H3. The summed E-state index contributed by atoms with van der Waals surface area (Å²) in [6, 6.07) is 15.2. The Hall–Kier alpha value is -2.68. The Bertz CT molecular complexity index is 1270. The molecule has 4 bridgehead atoms. The Kier molecular flexibility index (Phi) is 3.37. The quantitative estimate of drug-likeness (QED) is 0.374. The first kappa shape index (κ1) is 17.0. The highest BCUT2D eigenvalue weighted by Crippen LogP contribution is 2.60. The third-order valence-electron chi connectivity index (χ3n) is 8.19. The molecule has 0 spiro atoms. The largest absolute Gasteiger partial charge is 0.437 e. The minimum absolute atomic E-state index is 0.382. The van der Waals surface area contributed by atoms with Gasteiger partial charge in [-0.15, -0.1) is 0 Å². The first-order valence-electron chi connectivity index (χ1n) is 11.4. The number of aromatic nitrogens is 2. The van der Waals surface area contributed by atoms with Crippen LogP contribution in [-0.2, 0) is 5.41 Å². The van der Waals surface area contributed by atoms with Crippen LogP contribution in [0, 0.1) is 24.7 Å². The van der Waals surface area contributed by atoms with E-state index in [4.69, 9.17) is 9.40 Å². The minimum atomic E-state index is 0.382. The van der Waals surface area contributed by atoms with Gasteiger partial charge in [0, 0.05) is 28.2 Å². The Morgan fingerprint density at radius 3 is 2.43 bits per heavy atom. The smallest absolute Gasteiger partial charge is 0.227 e. The third-order valence-corrected chi connectivity index (χ3v) is 8.19. The van der Waals surface area contributed by atoms with E-state index in [1.54, 1.807) is 0 Å². The summed E-state index contributed by atoms with van der Waals surface area (Å²) in [6.07, 6.45) is 10.6. The van der Waals surface area contributed by atoms with Gasteiger partial charge < -0.3 is 4.42 Å². The first-order chi connectivity index (χ1) is 14.7. The highest BCUT2D eigenvalue weighted by molar-refractivity contribution is 6.08. The van der Waals surface area contributed by atoms with Crippen LogP contribution in [0.2, 0.25) is 0 Å². The minimum Gasteiger partial charge on any atom is -0.437 e. The molecule has 4 aliphatic rings. The molecular weight excluding hydrogens is 368 g/mol. The summed E-state index contributed by atoms with van der Waals surface area (Å²) in [4.78, 5) is 9.40. The van der Waals surface area contributed by atoms with Gasteiger partial charge in [0.15, 0.2) is 0 Å². The van der Waals surface area contributed by atoms with Crippen LogP contribution in [0.5, 0.6) is 0 Å². The second kappa shape index (κ2) is 5.94. The molecule has 3 heterocycles. The van der Waals surface area contributed by atoms with E-state index >= 15 is 0 Å². The molecule has 4 saturated carbocycles. The van der Waals surface area contributed by atoms with Gasteiger partial charge in [0.2, 0.25) is 5.71 Å². The molecule has 4 aliphatic carbocycles. The first-order valence-corrected chi connectivity index (χ1v) is 11.4. The monoisotopic (exact) mass is 394 g/mol. The van der Waals surface area contributed by atoms with Gasteiger partial charge in [0.1, 0.15) is 5.58 Å². The van der Waals surface area contributed by atoms with Crippen molar-refractivity contribution in [3.05, 3.63) is 59.9 Å². The van der Waals surface area contributed by atoms with Crippen LogP contribution in [0.1, 0.15) is 49.8 Å².